The van der Waals surface area contributed by atoms with E-state index in [1.54, 1.807) is 23.3 Å². The van der Waals surface area contributed by atoms with Crippen molar-refractivity contribution in [2.24, 2.45) is 0 Å². The Morgan fingerprint density at radius 2 is 1.67 bits per heavy atom. The molecule has 194 valence electrons. The van der Waals surface area contributed by atoms with E-state index >= 15 is 0 Å². The molecule has 0 amide bonds. The number of rotatable bonds is 4. The average molecular weight is 565 g/mol. The van der Waals surface area contributed by atoms with Gasteiger partial charge in [-0.2, -0.15) is 0 Å². The predicted molar refractivity (Wildman–Crippen MR) is 165 cm³/mol. The lowest BCUT2D eigenvalue weighted by Crippen LogP contribution is -2.53. The highest BCUT2D eigenvalue weighted by Crippen LogP contribution is 2.53. The number of hydrazine groups is 2. The van der Waals surface area contributed by atoms with E-state index in [0.29, 0.717) is 0 Å². The molecule has 3 N–H and O–H groups in total. The minimum Gasteiger partial charge on any atom is -0.306 e. The van der Waals surface area contributed by atoms with E-state index in [4.69, 9.17) is 0 Å². The number of anilines is 1. The summed E-state index contributed by atoms with van der Waals surface area (Å²) in [5.74, 6) is 0. The summed E-state index contributed by atoms with van der Waals surface area (Å²) in [6.45, 7) is 4.68. The van der Waals surface area contributed by atoms with Crippen molar-refractivity contribution >= 4 is 40.3 Å². The van der Waals surface area contributed by atoms with Gasteiger partial charge < -0.3 is 5.43 Å². The zero-order valence-electron chi connectivity index (χ0n) is 21.7. The fourth-order valence-electron chi connectivity index (χ4n) is 6.33. The van der Waals surface area contributed by atoms with Crippen LogP contribution in [-0.2, 0) is 11.1 Å². The number of hydrogen-bond donors (Lipinski definition) is 3. The Bertz CT molecular complexity index is 1680. The van der Waals surface area contributed by atoms with Gasteiger partial charge in [-0.1, -0.05) is 68.4 Å². The van der Waals surface area contributed by atoms with Gasteiger partial charge in [-0.3, -0.25) is 0 Å². The Hall–Kier alpha value is -2.91. The SMILES string of the molecule is CC1(C)c2ccccc2-c2cc(C3(N4Nc5ccccc5S4)CC(c4ccc(-c5cccs5)s4)NN3)ccc21. The van der Waals surface area contributed by atoms with Gasteiger partial charge in [-0.25, -0.2) is 10.9 Å². The van der Waals surface area contributed by atoms with Gasteiger partial charge in [0.2, 0.25) is 0 Å². The number of nitrogens with one attached hydrogen (secondary N) is 3. The van der Waals surface area contributed by atoms with Gasteiger partial charge in [0.25, 0.3) is 0 Å². The van der Waals surface area contributed by atoms with E-state index in [1.807, 2.05) is 11.3 Å². The van der Waals surface area contributed by atoms with E-state index in [2.05, 4.69) is 131 Å². The molecule has 1 aliphatic carbocycles. The van der Waals surface area contributed by atoms with Gasteiger partial charge in [0.15, 0.2) is 0 Å². The van der Waals surface area contributed by atoms with Crippen molar-refractivity contribution in [3.63, 3.8) is 0 Å². The van der Waals surface area contributed by atoms with Crippen LogP contribution in [0.4, 0.5) is 5.69 Å². The minimum atomic E-state index is -0.460. The molecule has 4 nitrogen and oxygen atoms in total. The molecule has 0 saturated carbocycles. The van der Waals surface area contributed by atoms with Crippen LogP contribution in [0.25, 0.3) is 20.9 Å². The predicted octanol–water partition coefficient (Wildman–Crippen LogP) is 8.52. The first-order valence-electron chi connectivity index (χ1n) is 13.3. The molecule has 8 rings (SSSR count). The lowest BCUT2D eigenvalue weighted by atomic mass is 9.82. The molecule has 3 aromatic carbocycles. The molecule has 2 atom stereocenters. The summed E-state index contributed by atoms with van der Waals surface area (Å²) in [6.07, 6.45) is 0.884. The average Bonchev–Trinajstić information content (AvgIpc) is 3.79. The monoisotopic (exact) mass is 564 g/mol. The Morgan fingerprint density at radius 3 is 2.54 bits per heavy atom. The maximum Gasteiger partial charge on any atom is 0.141 e. The van der Waals surface area contributed by atoms with Gasteiger partial charge in [0.1, 0.15) is 5.66 Å². The molecule has 7 heteroatoms. The molecule has 39 heavy (non-hydrogen) atoms. The van der Waals surface area contributed by atoms with E-state index in [9.17, 15) is 0 Å². The minimum absolute atomic E-state index is 0.00640. The van der Waals surface area contributed by atoms with E-state index in [0.717, 1.165) is 12.1 Å². The van der Waals surface area contributed by atoms with Gasteiger partial charge in [0.05, 0.1) is 11.7 Å². The summed E-state index contributed by atoms with van der Waals surface area (Å²) in [7, 11) is 0. The summed E-state index contributed by atoms with van der Waals surface area (Å²) in [5.41, 5.74) is 18.6. The molecule has 4 heterocycles. The summed E-state index contributed by atoms with van der Waals surface area (Å²) in [4.78, 5) is 5.25. The molecule has 0 radical (unpaired) electrons. The van der Waals surface area contributed by atoms with Crippen molar-refractivity contribution in [1.29, 1.82) is 0 Å². The van der Waals surface area contributed by atoms with Gasteiger partial charge in [-0.05, 0) is 81.5 Å². The topological polar surface area (TPSA) is 39.3 Å². The fraction of sp³-hybridized carbons (Fsp3) is 0.188. The molecule has 3 aliphatic rings. The highest BCUT2D eigenvalue weighted by atomic mass is 32.2. The summed E-state index contributed by atoms with van der Waals surface area (Å²) >= 11 is 5.46. The van der Waals surface area contributed by atoms with Crippen molar-refractivity contribution in [1.82, 2.24) is 15.3 Å². The Morgan fingerprint density at radius 1 is 0.821 bits per heavy atom. The second-order valence-corrected chi connectivity index (χ2v) is 14.0. The van der Waals surface area contributed by atoms with Gasteiger partial charge >= 0.3 is 0 Å². The van der Waals surface area contributed by atoms with Crippen molar-refractivity contribution in [3.05, 3.63) is 118 Å². The lowest BCUT2D eigenvalue weighted by Gasteiger charge is -2.37. The summed E-state index contributed by atoms with van der Waals surface area (Å²) in [6, 6.07) is 33.6. The molecule has 2 aromatic heterocycles. The van der Waals surface area contributed by atoms with Crippen LogP contribution in [0.5, 0.6) is 0 Å². The third-order valence-corrected chi connectivity index (χ3v) is 11.8. The zero-order chi connectivity index (χ0) is 26.2. The molecular weight excluding hydrogens is 537 g/mol. The van der Waals surface area contributed by atoms with Crippen molar-refractivity contribution in [2.75, 3.05) is 5.43 Å². The lowest BCUT2D eigenvalue weighted by molar-refractivity contribution is 0.200. The second-order valence-electron chi connectivity index (χ2n) is 11.0. The normalized spacial score (nSPS) is 22.9. The van der Waals surface area contributed by atoms with Gasteiger partial charge in [-0.15, -0.1) is 27.1 Å². The second kappa shape index (κ2) is 8.80. The highest BCUT2D eigenvalue weighted by molar-refractivity contribution is 7.97. The number of benzene rings is 3. The van der Waals surface area contributed by atoms with E-state index < -0.39 is 5.66 Å². The van der Waals surface area contributed by atoms with Crippen LogP contribution in [-0.4, -0.2) is 4.41 Å². The van der Waals surface area contributed by atoms with Crippen LogP contribution < -0.4 is 16.3 Å². The molecule has 0 spiro atoms. The maximum atomic E-state index is 3.79. The Kier molecular flexibility index (Phi) is 5.40. The molecule has 2 aliphatic heterocycles. The molecule has 5 aromatic rings. The Balaban J connectivity index is 1.22. The standard InChI is InChI=1S/C32H28N4S3/c1-31(2)23-9-4-3-8-21(23)22-18-20(13-14-24(22)31)32(36-34-25-10-5-6-11-28(25)39-36)19-26(33-35-32)27-15-16-30(38-27)29-12-7-17-37-29/h3-18,26,33-35H,19H2,1-2H3. The molecule has 0 bridgehead atoms. The largest absolute Gasteiger partial charge is 0.306 e. The number of thiophene rings is 2. The molecule has 2 unspecified atom stereocenters. The number of hydrogen-bond acceptors (Lipinski definition) is 7. The summed E-state index contributed by atoms with van der Waals surface area (Å²) in [5, 5.41) is 2.15. The summed E-state index contributed by atoms with van der Waals surface area (Å²) < 4.78 is 2.31. The first kappa shape index (κ1) is 23.9. The van der Waals surface area contributed by atoms with Crippen LogP contribution in [0.2, 0.25) is 0 Å². The number of nitrogens with zero attached hydrogens (tertiary/aromatic N) is 1. The molecule has 1 saturated heterocycles. The van der Waals surface area contributed by atoms with Crippen molar-refractivity contribution in [3.8, 4) is 20.9 Å². The molecular formula is C32H28N4S3. The van der Waals surface area contributed by atoms with Crippen LogP contribution >= 0.6 is 34.6 Å². The fourth-order valence-corrected chi connectivity index (χ4v) is 9.30. The van der Waals surface area contributed by atoms with Crippen LogP contribution in [0.3, 0.4) is 0 Å². The van der Waals surface area contributed by atoms with Crippen molar-refractivity contribution in [2.45, 2.75) is 42.3 Å². The third-order valence-electron chi connectivity index (χ3n) is 8.39. The third kappa shape index (κ3) is 3.62. The van der Waals surface area contributed by atoms with E-state index in [1.165, 1.54) is 47.3 Å². The first-order valence-corrected chi connectivity index (χ1v) is 15.7. The Labute approximate surface area is 241 Å². The highest BCUT2D eigenvalue weighted by Gasteiger charge is 2.50. The van der Waals surface area contributed by atoms with Crippen LogP contribution in [0.15, 0.2) is 101 Å². The number of para-hydroxylation sites is 1. The van der Waals surface area contributed by atoms with E-state index in [-0.39, 0.29) is 11.5 Å². The maximum absolute atomic E-state index is 3.79. The van der Waals surface area contributed by atoms with Gasteiger partial charge in [0, 0.05) is 31.4 Å². The van der Waals surface area contributed by atoms with Crippen molar-refractivity contribution < 1.29 is 0 Å². The first-order chi connectivity index (χ1) is 19.0. The number of fused-ring (bicyclic) bond motifs is 4. The smallest absolute Gasteiger partial charge is 0.141 e. The quantitative estimate of drug-likeness (QED) is 0.191. The van der Waals surface area contributed by atoms with Crippen LogP contribution in [0.1, 0.15) is 47.9 Å². The molecule has 1 fully saturated rings. The zero-order valence-corrected chi connectivity index (χ0v) is 24.1. The van der Waals surface area contributed by atoms with Crippen LogP contribution in [0, 0.1) is 0 Å².